The topological polar surface area (TPSA) is 510 Å². The number of amides is 10. The summed E-state index contributed by atoms with van der Waals surface area (Å²) in [7, 11) is 0. The van der Waals surface area contributed by atoms with Gasteiger partial charge in [0, 0.05) is 0 Å². The maximum atomic E-state index is 14.2. The lowest BCUT2D eigenvalue weighted by atomic mass is 10.0. The Balaban J connectivity index is 6.16. The predicted octanol–water partition coefficient (Wildman–Crippen LogP) is -6.82. The van der Waals surface area contributed by atoms with Gasteiger partial charge in [-0.05, 0) is 148 Å². The van der Waals surface area contributed by atoms with Crippen LogP contribution in [0.25, 0.3) is 0 Å². The van der Waals surface area contributed by atoms with Gasteiger partial charge in [0.25, 0.3) is 0 Å². The average molecular weight is 1070 g/mol. The van der Waals surface area contributed by atoms with Crippen LogP contribution in [0, 0.1) is 0 Å². The van der Waals surface area contributed by atoms with Crippen LogP contribution >= 0.6 is 0 Å². The lowest BCUT2D eigenvalue weighted by molar-refractivity contribution is -0.138. The van der Waals surface area contributed by atoms with E-state index in [1.165, 1.54) is 0 Å². The summed E-state index contributed by atoms with van der Waals surface area (Å²) >= 11 is 0. The molecule has 29 heteroatoms. The molecule has 430 valence electrons. The number of carbonyl (C=O) groups is 11. The van der Waals surface area contributed by atoms with E-state index in [2.05, 4.69) is 47.9 Å². The molecule has 0 aromatic heterocycles. The molecule has 0 saturated carbocycles. The minimum atomic E-state index is -1.28. The van der Waals surface area contributed by atoms with Crippen molar-refractivity contribution in [1.29, 1.82) is 0 Å². The number of unbranched alkanes of at least 4 members (excludes halogenated alkanes) is 6. The van der Waals surface area contributed by atoms with Crippen molar-refractivity contribution in [3.05, 3.63) is 0 Å². The molecule has 0 unspecified atom stereocenters. The molecule has 75 heavy (non-hydrogen) atoms. The van der Waals surface area contributed by atoms with Gasteiger partial charge in [-0.25, -0.2) is 0 Å². The number of carboxylic acid groups (broad SMARTS) is 1. The van der Waals surface area contributed by atoms with Crippen molar-refractivity contribution >= 4 is 65.0 Å². The zero-order valence-corrected chi connectivity index (χ0v) is 43.4. The van der Waals surface area contributed by atoms with Crippen LogP contribution in [0.5, 0.6) is 0 Å². The first kappa shape index (κ1) is 68.9. The van der Waals surface area contributed by atoms with E-state index in [-0.39, 0.29) is 51.7 Å². The van der Waals surface area contributed by atoms with E-state index in [1.54, 1.807) is 0 Å². The molecule has 0 aliphatic rings. The van der Waals surface area contributed by atoms with E-state index in [1.807, 2.05) is 5.32 Å². The zero-order valence-electron chi connectivity index (χ0n) is 43.4. The van der Waals surface area contributed by atoms with Crippen LogP contribution in [0.4, 0.5) is 0 Å². The first-order chi connectivity index (χ1) is 35.9. The maximum Gasteiger partial charge on any atom is 0.322 e. The van der Waals surface area contributed by atoms with Crippen molar-refractivity contribution in [2.75, 3.05) is 72.0 Å². The maximum absolute atomic E-state index is 14.2. The Morgan fingerprint density at radius 3 is 0.787 bits per heavy atom. The Morgan fingerprint density at radius 2 is 0.520 bits per heavy atom. The molecule has 0 aromatic carbocycles. The summed E-state index contributed by atoms with van der Waals surface area (Å²) in [4.78, 5) is 142. The van der Waals surface area contributed by atoms with E-state index in [0.717, 1.165) is 0 Å². The fraction of sp³-hybridized carbons (Fsp3) is 0.761. The highest BCUT2D eigenvalue weighted by molar-refractivity contribution is 5.97. The molecule has 0 fully saturated rings. The van der Waals surface area contributed by atoms with E-state index in [4.69, 9.17) is 45.2 Å². The fourth-order valence-corrected chi connectivity index (χ4v) is 7.07. The molecule has 0 rings (SSSR count). The van der Waals surface area contributed by atoms with Gasteiger partial charge in [0.05, 0.1) is 32.2 Å². The third-order valence-electron chi connectivity index (χ3n) is 11.4. The van der Waals surface area contributed by atoms with Crippen molar-refractivity contribution in [3.8, 4) is 0 Å². The van der Waals surface area contributed by atoms with Gasteiger partial charge in [-0.1, -0.05) is 6.42 Å². The molecule has 0 spiro atoms. The van der Waals surface area contributed by atoms with Crippen LogP contribution in [0.2, 0.25) is 0 Å². The summed E-state index contributed by atoms with van der Waals surface area (Å²) in [5, 5.41) is 33.4. The lowest BCUT2D eigenvalue weighted by Crippen LogP contribution is -2.59. The molecule has 29 nitrogen and oxygen atoms in total. The Hall–Kier alpha value is -6.11. The Kier molecular flexibility index (Phi) is 39.6. The summed E-state index contributed by atoms with van der Waals surface area (Å²) < 4.78 is 0. The van der Waals surface area contributed by atoms with Gasteiger partial charge in [-0.3, -0.25) is 52.7 Å². The third-order valence-corrected chi connectivity index (χ3v) is 11.4. The Labute approximate surface area is 439 Å². The predicted molar refractivity (Wildman–Crippen MR) is 278 cm³/mol. The van der Waals surface area contributed by atoms with Crippen LogP contribution < -0.4 is 93.3 Å². The molecule has 0 heterocycles. The van der Waals surface area contributed by atoms with Crippen molar-refractivity contribution in [2.24, 2.45) is 40.1 Å². The number of nitrogens with one attached hydrogen (secondary N) is 10. The minimum absolute atomic E-state index is 0.0787. The quantitative estimate of drug-likeness (QED) is 0.0252. The van der Waals surface area contributed by atoms with Gasteiger partial charge < -0.3 is 98.4 Å². The van der Waals surface area contributed by atoms with Crippen LogP contribution in [0.1, 0.15) is 116 Å². The molecule has 0 aliphatic heterocycles. The molecule has 0 bridgehead atoms. The molecule has 10 amide bonds. The molecule has 0 aromatic rings. The van der Waals surface area contributed by atoms with Gasteiger partial charge in [-0.15, -0.1) is 0 Å². The molecule has 0 saturated heterocycles. The smallest absolute Gasteiger partial charge is 0.322 e. The van der Waals surface area contributed by atoms with Crippen molar-refractivity contribution in [1.82, 2.24) is 53.2 Å². The van der Waals surface area contributed by atoms with E-state index in [0.29, 0.717) is 103 Å². The van der Waals surface area contributed by atoms with Crippen molar-refractivity contribution in [3.63, 3.8) is 0 Å². The first-order valence-electron chi connectivity index (χ1n) is 25.9. The van der Waals surface area contributed by atoms with Gasteiger partial charge in [0.15, 0.2) is 0 Å². The van der Waals surface area contributed by atoms with Crippen molar-refractivity contribution < 1.29 is 57.8 Å². The average Bonchev–Trinajstić information content (AvgIpc) is 3.38. The summed E-state index contributed by atoms with van der Waals surface area (Å²) in [6.07, 6.45) is 6.82. The van der Waals surface area contributed by atoms with E-state index in [9.17, 15) is 52.7 Å². The Bertz CT molecular complexity index is 1760. The SMILES string of the molecule is NCCCC[C@H](NC(=O)[C@H](CCCCN)NC(=O)[C@H](CCCCN)NC(=O)[C@@H](N)CCCCN)C(=O)N[C@@H](CCCCN)C(=O)N[C@H](CCCCN)C(=O)NCC(=O)NCC(=O)NCC(=O)NCC(=O)NCC(=O)O. The number of hydrogen-bond donors (Lipinski definition) is 18. The first-order valence-corrected chi connectivity index (χ1v) is 25.9. The largest absolute Gasteiger partial charge is 0.480 e. The molecule has 0 aliphatic carbocycles. The fourth-order valence-electron chi connectivity index (χ4n) is 7.07. The molecule has 6 atom stereocenters. The molecular weight excluding hydrogens is 983 g/mol. The van der Waals surface area contributed by atoms with E-state index >= 15 is 0 Å². The molecule has 25 N–H and O–H groups in total. The second kappa shape index (κ2) is 43.2. The van der Waals surface area contributed by atoms with Crippen LogP contribution in [0.15, 0.2) is 0 Å². The van der Waals surface area contributed by atoms with Crippen molar-refractivity contribution in [2.45, 2.75) is 152 Å². The van der Waals surface area contributed by atoms with Crippen LogP contribution in [-0.2, 0) is 52.7 Å². The lowest BCUT2D eigenvalue weighted by Gasteiger charge is -2.27. The highest BCUT2D eigenvalue weighted by Crippen LogP contribution is 2.11. The standard InChI is InChI=1S/C46H89N17O12/c47-19-7-1-13-30(53)41(70)59-32(15-3-9-21-49)43(72)61-34(17-5-11-23-51)45(74)63-35(18-6-12-24-52)46(75)62-33(16-4-10-22-50)44(73)60-31(14-2-8-20-48)42(71)58-28-39(67)56-26-37(65)54-25-36(64)55-27-38(66)57-29-40(68)69/h30-35H,1-29,47-53H2,(H,54,65)(H,55,64)(H,56,67)(H,57,66)(H,58,71)(H,59,70)(H,60,73)(H,61,72)(H,62,75)(H,63,74)(H,68,69)/t30-,31+,32-,33-,34-,35-/m0/s1. The number of hydrogen-bond acceptors (Lipinski definition) is 18. The summed E-state index contributed by atoms with van der Waals surface area (Å²) in [5.74, 6) is -8.54. The number of nitrogens with two attached hydrogens (primary N) is 7. The number of aliphatic carboxylic acids is 1. The van der Waals surface area contributed by atoms with E-state index < -0.39 is 134 Å². The second-order valence-electron chi connectivity index (χ2n) is 17.8. The van der Waals surface area contributed by atoms with Gasteiger partial charge in [-0.2, -0.15) is 0 Å². The minimum Gasteiger partial charge on any atom is -0.480 e. The van der Waals surface area contributed by atoms with Gasteiger partial charge in [0.2, 0.25) is 59.1 Å². The second-order valence-corrected chi connectivity index (χ2v) is 17.8. The zero-order chi connectivity index (χ0) is 56.4. The summed E-state index contributed by atoms with van der Waals surface area (Å²) in [5.41, 5.74) is 40.3. The number of carboxylic acids is 1. The monoisotopic (exact) mass is 1070 g/mol. The number of carbonyl (C=O) groups excluding carboxylic acids is 10. The van der Waals surface area contributed by atoms with Gasteiger partial charge >= 0.3 is 5.97 Å². The molecular formula is C46H89N17O12. The molecule has 0 radical (unpaired) electrons. The normalized spacial score (nSPS) is 13.3. The van der Waals surface area contributed by atoms with Gasteiger partial charge in [0.1, 0.15) is 36.8 Å². The summed E-state index contributed by atoms with van der Waals surface area (Å²) in [6.45, 7) is -1.03. The van der Waals surface area contributed by atoms with Crippen LogP contribution in [0.3, 0.4) is 0 Å². The Morgan fingerprint density at radius 1 is 0.293 bits per heavy atom. The third kappa shape index (κ3) is 34.2. The van der Waals surface area contributed by atoms with Crippen LogP contribution in [-0.4, -0.2) is 178 Å². The number of rotatable bonds is 45. The highest BCUT2D eigenvalue weighted by Gasteiger charge is 2.33. The summed E-state index contributed by atoms with van der Waals surface area (Å²) in [6, 6.07) is -6.79. The highest BCUT2D eigenvalue weighted by atomic mass is 16.4.